The molecule has 1 N–H and O–H groups in total. The molecule has 0 radical (unpaired) electrons. The van der Waals surface area contributed by atoms with E-state index in [0.717, 1.165) is 44.9 Å². The van der Waals surface area contributed by atoms with Crippen LogP contribution in [0.4, 0.5) is 0 Å². The van der Waals surface area contributed by atoms with Crippen LogP contribution in [-0.4, -0.2) is 18.1 Å². The van der Waals surface area contributed by atoms with Crippen LogP contribution in [0, 0.1) is 5.92 Å². The van der Waals surface area contributed by atoms with Gasteiger partial charge in [-0.1, -0.05) is 20.8 Å². The first kappa shape index (κ1) is 16.9. The molecule has 1 aromatic heterocycles. The lowest BCUT2D eigenvalue weighted by molar-refractivity contribution is -0.0777. The molecule has 4 heteroatoms. The lowest BCUT2D eigenvalue weighted by atomic mass is 9.79. The molecule has 21 heavy (non-hydrogen) atoms. The van der Waals surface area contributed by atoms with Crippen LogP contribution in [0.5, 0.6) is 0 Å². The van der Waals surface area contributed by atoms with Crippen molar-refractivity contribution in [1.82, 2.24) is 10.3 Å². The Bertz CT molecular complexity index is 436. The van der Waals surface area contributed by atoms with Crippen molar-refractivity contribution in [2.45, 2.75) is 71.9 Å². The number of aromatic nitrogens is 1. The number of ether oxygens (including phenoxy) is 1. The van der Waals surface area contributed by atoms with Gasteiger partial charge in [-0.15, -0.1) is 11.3 Å². The highest BCUT2D eigenvalue weighted by Gasteiger charge is 2.39. The predicted octanol–water partition coefficient (Wildman–Crippen LogP) is 4.26. The summed E-state index contributed by atoms with van der Waals surface area (Å²) in [5.74, 6) is 0.824. The first-order valence-corrected chi connectivity index (χ1v) is 9.30. The van der Waals surface area contributed by atoms with E-state index in [4.69, 9.17) is 9.72 Å². The molecule has 2 rings (SSSR count). The molecule has 0 atom stereocenters. The van der Waals surface area contributed by atoms with Crippen LogP contribution in [0.2, 0.25) is 0 Å². The molecule has 1 aliphatic carbocycles. The summed E-state index contributed by atoms with van der Waals surface area (Å²) in [6, 6.07) is 0. The van der Waals surface area contributed by atoms with Crippen LogP contribution in [0.1, 0.15) is 69.0 Å². The molecule has 0 aromatic carbocycles. The fraction of sp³-hybridized carbons (Fsp3) is 0.824. The molecule has 0 amide bonds. The first-order valence-electron chi connectivity index (χ1n) is 8.48. The molecule has 0 bridgehead atoms. The quantitative estimate of drug-likeness (QED) is 0.817. The van der Waals surface area contributed by atoms with Crippen molar-refractivity contribution in [2.75, 3.05) is 13.2 Å². The SMILES string of the molecule is CCNCc1sc(C2(OCC)CCC(C)CC2)nc1CC. The molecule has 3 nitrogen and oxygen atoms in total. The van der Waals surface area contributed by atoms with Gasteiger partial charge in [-0.2, -0.15) is 0 Å². The van der Waals surface area contributed by atoms with E-state index < -0.39 is 0 Å². The van der Waals surface area contributed by atoms with Crippen LogP contribution >= 0.6 is 11.3 Å². The zero-order valence-corrected chi connectivity index (χ0v) is 14.8. The van der Waals surface area contributed by atoms with E-state index >= 15 is 0 Å². The molecule has 1 aromatic rings. The van der Waals surface area contributed by atoms with Gasteiger partial charge < -0.3 is 10.1 Å². The number of nitrogens with one attached hydrogen (secondary N) is 1. The Labute approximate surface area is 133 Å². The summed E-state index contributed by atoms with van der Waals surface area (Å²) in [4.78, 5) is 6.37. The van der Waals surface area contributed by atoms with Gasteiger partial charge in [0.2, 0.25) is 0 Å². The van der Waals surface area contributed by atoms with Gasteiger partial charge in [0.1, 0.15) is 10.6 Å². The molecule has 0 spiro atoms. The van der Waals surface area contributed by atoms with Crippen molar-refractivity contribution in [1.29, 1.82) is 0 Å². The van der Waals surface area contributed by atoms with E-state index in [9.17, 15) is 0 Å². The van der Waals surface area contributed by atoms with Crippen molar-refractivity contribution in [3.63, 3.8) is 0 Å². The minimum atomic E-state index is -0.111. The normalized spacial score (nSPS) is 26.2. The van der Waals surface area contributed by atoms with Crippen molar-refractivity contribution >= 4 is 11.3 Å². The van der Waals surface area contributed by atoms with E-state index in [2.05, 4.69) is 33.0 Å². The second kappa shape index (κ2) is 7.70. The fourth-order valence-electron chi connectivity index (χ4n) is 3.16. The van der Waals surface area contributed by atoms with Crippen LogP contribution in [0.3, 0.4) is 0 Å². The Kier molecular flexibility index (Phi) is 6.20. The zero-order chi connectivity index (χ0) is 15.3. The number of hydrogen-bond acceptors (Lipinski definition) is 4. The maximum absolute atomic E-state index is 6.25. The maximum Gasteiger partial charge on any atom is 0.125 e. The average Bonchev–Trinajstić information content (AvgIpc) is 2.92. The maximum atomic E-state index is 6.25. The minimum absolute atomic E-state index is 0.111. The van der Waals surface area contributed by atoms with Gasteiger partial charge in [0.25, 0.3) is 0 Å². The van der Waals surface area contributed by atoms with Crippen LogP contribution in [0.25, 0.3) is 0 Å². The molecule has 1 saturated carbocycles. The largest absolute Gasteiger partial charge is 0.368 e. The molecule has 1 fully saturated rings. The Balaban J connectivity index is 2.25. The van der Waals surface area contributed by atoms with Gasteiger partial charge in [0.15, 0.2) is 0 Å². The number of rotatable bonds is 7. The van der Waals surface area contributed by atoms with E-state index in [0.29, 0.717) is 0 Å². The average molecular weight is 311 g/mol. The van der Waals surface area contributed by atoms with E-state index in [1.54, 1.807) is 0 Å². The van der Waals surface area contributed by atoms with Gasteiger partial charge >= 0.3 is 0 Å². The summed E-state index contributed by atoms with van der Waals surface area (Å²) in [5, 5.41) is 4.66. The summed E-state index contributed by atoms with van der Waals surface area (Å²) < 4.78 is 6.25. The molecular formula is C17H30N2OS. The van der Waals surface area contributed by atoms with Gasteiger partial charge in [-0.05, 0) is 51.5 Å². The van der Waals surface area contributed by atoms with Crippen molar-refractivity contribution in [3.05, 3.63) is 15.6 Å². The van der Waals surface area contributed by atoms with Gasteiger partial charge in [-0.3, -0.25) is 0 Å². The van der Waals surface area contributed by atoms with Gasteiger partial charge in [0, 0.05) is 18.0 Å². The standard InChI is InChI=1S/C17H30N2OS/c1-5-14-15(12-18-6-2)21-16(19-14)17(20-7-3)10-8-13(4)9-11-17/h13,18H,5-12H2,1-4H3. The molecular weight excluding hydrogens is 280 g/mol. The van der Waals surface area contributed by atoms with Gasteiger partial charge in [0.05, 0.1) is 5.69 Å². The fourth-order valence-corrected chi connectivity index (χ4v) is 4.48. The number of nitrogens with zero attached hydrogens (tertiary/aromatic N) is 1. The minimum Gasteiger partial charge on any atom is -0.368 e. The topological polar surface area (TPSA) is 34.1 Å². The highest BCUT2D eigenvalue weighted by Crippen LogP contribution is 2.44. The predicted molar refractivity (Wildman–Crippen MR) is 89.8 cm³/mol. The first-order chi connectivity index (χ1) is 10.1. The van der Waals surface area contributed by atoms with Crippen LogP contribution in [-0.2, 0) is 23.3 Å². The van der Waals surface area contributed by atoms with E-state index in [1.165, 1.54) is 28.4 Å². The van der Waals surface area contributed by atoms with Crippen LogP contribution < -0.4 is 5.32 Å². The molecule has 1 heterocycles. The lowest BCUT2D eigenvalue weighted by Crippen LogP contribution is -2.34. The molecule has 0 saturated heterocycles. The molecule has 0 unspecified atom stereocenters. The molecule has 1 aliphatic rings. The van der Waals surface area contributed by atoms with E-state index in [-0.39, 0.29) is 5.60 Å². The third-order valence-electron chi connectivity index (χ3n) is 4.54. The molecule has 0 aliphatic heterocycles. The van der Waals surface area contributed by atoms with Crippen molar-refractivity contribution in [3.8, 4) is 0 Å². The van der Waals surface area contributed by atoms with Crippen molar-refractivity contribution < 1.29 is 4.74 Å². The van der Waals surface area contributed by atoms with E-state index in [1.807, 2.05) is 11.3 Å². The number of thiazole rings is 1. The summed E-state index contributed by atoms with van der Waals surface area (Å²) in [5.41, 5.74) is 1.15. The summed E-state index contributed by atoms with van der Waals surface area (Å²) >= 11 is 1.87. The third kappa shape index (κ3) is 3.85. The highest BCUT2D eigenvalue weighted by atomic mass is 32.1. The van der Waals surface area contributed by atoms with Crippen LogP contribution in [0.15, 0.2) is 0 Å². The lowest BCUT2D eigenvalue weighted by Gasteiger charge is -2.37. The summed E-state index contributed by atoms with van der Waals surface area (Å²) in [6.07, 6.45) is 5.77. The zero-order valence-electron chi connectivity index (χ0n) is 14.0. The molecule has 120 valence electrons. The highest BCUT2D eigenvalue weighted by molar-refractivity contribution is 7.11. The Hall–Kier alpha value is -0.450. The van der Waals surface area contributed by atoms with Gasteiger partial charge in [-0.25, -0.2) is 4.98 Å². The second-order valence-electron chi connectivity index (χ2n) is 6.13. The Morgan fingerprint density at radius 1 is 1.29 bits per heavy atom. The second-order valence-corrected chi connectivity index (χ2v) is 7.22. The monoisotopic (exact) mass is 310 g/mol. The number of hydrogen-bond donors (Lipinski definition) is 1. The summed E-state index contributed by atoms with van der Waals surface area (Å²) in [6.45, 7) is 11.5. The Morgan fingerprint density at radius 3 is 2.57 bits per heavy atom. The third-order valence-corrected chi connectivity index (χ3v) is 5.82. The Morgan fingerprint density at radius 2 is 2.00 bits per heavy atom. The number of aryl methyl sites for hydroxylation is 1. The smallest absolute Gasteiger partial charge is 0.125 e. The summed E-state index contributed by atoms with van der Waals surface area (Å²) in [7, 11) is 0. The van der Waals surface area contributed by atoms with Crippen molar-refractivity contribution in [2.24, 2.45) is 5.92 Å².